The minimum absolute atomic E-state index is 0.0399. The molecule has 0 saturated carbocycles. The van der Waals surface area contributed by atoms with Gasteiger partial charge in [0.15, 0.2) is 17.1 Å². The van der Waals surface area contributed by atoms with Gasteiger partial charge in [0.2, 0.25) is 12.7 Å². The van der Waals surface area contributed by atoms with E-state index < -0.39 is 4.92 Å². The van der Waals surface area contributed by atoms with E-state index in [0.29, 0.717) is 34.2 Å². The van der Waals surface area contributed by atoms with Crippen LogP contribution >= 0.6 is 0 Å². The molecule has 4 aromatic rings. The van der Waals surface area contributed by atoms with Crippen molar-refractivity contribution >= 4 is 28.7 Å². The molecular weight excluding hydrogens is 398 g/mol. The van der Waals surface area contributed by atoms with Gasteiger partial charge < -0.3 is 13.9 Å². The second-order valence-electron chi connectivity index (χ2n) is 7.22. The van der Waals surface area contributed by atoms with Gasteiger partial charge in [0, 0.05) is 11.8 Å². The van der Waals surface area contributed by atoms with Crippen LogP contribution in [-0.2, 0) is 0 Å². The number of fused-ring (bicyclic) bond motifs is 2. The Labute approximate surface area is 176 Å². The molecule has 0 fully saturated rings. The molecule has 0 N–H and O–H groups in total. The maximum Gasteiger partial charge on any atom is 0.282 e. The molecule has 3 aromatic carbocycles. The molecule has 0 aliphatic carbocycles. The van der Waals surface area contributed by atoms with Crippen LogP contribution in [0.2, 0.25) is 0 Å². The Hall–Kier alpha value is -4.20. The number of hydrogen-bond acceptors (Lipinski definition) is 7. The highest BCUT2D eigenvalue weighted by atomic mass is 16.7. The van der Waals surface area contributed by atoms with Crippen LogP contribution in [0.15, 0.2) is 57.9 Å². The number of oxazole rings is 1. The number of aryl methyl sites for hydroxylation is 1. The minimum atomic E-state index is -0.465. The fourth-order valence-electron chi connectivity index (χ4n) is 3.50. The highest BCUT2D eigenvalue weighted by Gasteiger charge is 2.22. The van der Waals surface area contributed by atoms with Gasteiger partial charge in [0.25, 0.3) is 5.69 Å². The molecule has 0 saturated heterocycles. The number of aliphatic imine (C=N–C) groups is 1. The standard InChI is InChI=1S/C23H17N3O5/c1-13-6-7-20-18(8-13)25-23(31-20)16-4-3-5-17(14(16)2)24-11-15-9-21-22(30-12-29-21)10-19(15)26(27)28/h3-11H,12H2,1-2H3. The number of nitrogens with zero attached hydrogens (tertiary/aromatic N) is 3. The van der Waals surface area contributed by atoms with Gasteiger partial charge in [-0.3, -0.25) is 15.1 Å². The summed E-state index contributed by atoms with van der Waals surface area (Å²) in [6, 6.07) is 14.4. The van der Waals surface area contributed by atoms with Crippen molar-refractivity contribution < 1.29 is 18.8 Å². The van der Waals surface area contributed by atoms with E-state index in [1.807, 2.05) is 50.2 Å². The SMILES string of the molecule is Cc1ccc2oc(-c3cccc(N=Cc4cc5c(cc4[N+](=O)[O-])OCO5)c3C)nc2c1. The molecule has 1 aliphatic heterocycles. The molecule has 2 heterocycles. The first kappa shape index (κ1) is 18.8. The van der Waals surface area contributed by atoms with E-state index in [9.17, 15) is 10.1 Å². The smallest absolute Gasteiger partial charge is 0.282 e. The summed E-state index contributed by atoms with van der Waals surface area (Å²) in [6.45, 7) is 3.96. The summed E-state index contributed by atoms with van der Waals surface area (Å²) >= 11 is 0. The lowest BCUT2D eigenvalue weighted by molar-refractivity contribution is -0.385. The molecule has 0 unspecified atom stereocenters. The number of nitro benzene ring substituents is 1. The van der Waals surface area contributed by atoms with Gasteiger partial charge >= 0.3 is 0 Å². The number of benzene rings is 3. The molecule has 31 heavy (non-hydrogen) atoms. The largest absolute Gasteiger partial charge is 0.454 e. The third-order valence-corrected chi connectivity index (χ3v) is 5.14. The summed E-state index contributed by atoms with van der Waals surface area (Å²) in [7, 11) is 0. The van der Waals surface area contributed by atoms with Gasteiger partial charge in [-0.15, -0.1) is 0 Å². The van der Waals surface area contributed by atoms with E-state index in [1.165, 1.54) is 12.3 Å². The quantitative estimate of drug-likeness (QED) is 0.248. The molecule has 8 nitrogen and oxygen atoms in total. The Kier molecular flexibility index (Phi) is 4.39. The van der Waals surface area contributed by atoms with Crippen molar-refractivity contribution in [3.63, 3.8) is 0 Å². The van der Waals surface area contributed by atoms with Crippen molar-refractivity contribution in [3.8, 4) is 23.0 Å². The molecule has 0 radical (unpaired) electrons. The predicted octanol–water partition coefficient (Wildman–Crippen LogP) is 5.50. The topological polar surface area (TPSA) is 100.0 Å². The molecule has 154 valence electrons. The van der Waals surface area contributed by atoms with Crippen molar-refractivity contribution in [2.45, 2.75) is 13.8 Å². The van der Waals surface area contributed by atoms with Gasteiger partial charge in [-0.05, 0) is 55.3 Å². The van der Waals surface area contributed by atoms with Crippen LogP contribution in [0.25, 0.3) is 22.6 Å². The van der Waals surface area contributed by atoms with E-state index in [0.717, 1.165) is 22.2 Å². The summed E-state index contributed by atoms with van der Waals surface area (Å²) in [6.07, 6.45) is 1.46. The lowest BCUT2D eigenvalue weighted by Gasteiger charge is -2.05. The molecule has 5 rings (SSSR count). The van der Waals surface area contributed by atoms with Gasteiger partial charge in [-0.25, -0.2) is 4.98 Å². The van der Waals surface area contributed by atoms with Gasteiger partial charge in [0.05, 0.1) is 22.2 Å². The summed E-state index contributed by atoms with van der Waals surface area (Å²) in [5.74, 6) is 1.32. The van der Waals surface area contributed by atoms with E-state index in [4.69, 9.17) is 13.9 Å². The third-order valence-electron chi connectivity index (χ3n) is 5.14. The van der Waals surface area contributed by atoms with Crippen molar-refractivity contribution in [2.75, 3.05) is 6.79 Å². The van der Waals surface area contributed by atoms with Crippen LogP contribution in [0, 0.1) is 24.0 Å². The van der Waals surface area contributed by atoms with Crippen LogP contribution in [-0.4, -0.2) is 22.9 Å². The van der Waals surface area contributed by atoms with E-state index in [-0.39, 0.29) is 12.5 Å². The van der Waals surface area contributed by atoms with Crippen molar-refractivity contribution in [1.82, 2.24) is 4.98 Å². The van der Waals surface area contributed by atoms with Gasteiger partial charge in [-0.2, -0.15) is 0 Å². The Balaban J connectivity index is 1.54. The van der Waals surface area contributed by atoms with E-state index in [2.05, 4.69) is 9.98 Å². The molecule has 0 amide bonds. The zero-order valence-corrected chi connectivity index (χ0v) is 16.8. The van der Waals surface area contributed by atoms with Crippen LogP contribution in [0.1, 0.15) is 16.7 Å². The molecule has 0 spiro atoms. The number of rotatable bonds is 4. The first-order valence-corrected chi connectivity index (χ1v) is 9.59. The minimum Gasteiger partial charge on any atom is -0.454 e. The Morgan fingerprint density at radius 3 is 2.71 bits per heavy atom. The average Bonchev–Trinajstić information content (AvgIpc) is 3.38. The molecule has 1 aliphatic rings. The fraction of sp³-hybridized carbons (Fsp3) is 0.130. The van der Waals surface area contributed by atoms with Gasteiger partial charge in [0.1, 0.15) is 5.52 Å². The van der Waals surface area contributed by atoms with Crippen LogP contribution < -0.4 is 9.47 Å². The number of aromatic nitrogens is 1. The van der Waals surface area contributed by atoms with Gasteiger partial charge in [-0.1, -0.05) is 12.1 Å². The molecular formula is C23H17N3O5. The van der Waals surface area contributed by atoms with E-state index >= 15 is 0 Å². The molecule has 0 bridgehead atoms. The summed E-state index contributed by atoms with van der Waals surface area (Å²) in [5, 5.41) is 11.5. The maximum atomic E-state index is 11.5. The first-order valence-electron chi connectivity index (χ1n) is 9.59. The lowest BCUT2D eigenvalue weighted by atomic mass is 10.1. The second kappa shape index (κ2) is 7.24. The van der Waals surface area contributed by atoms with Crippen molar-refractivity contribution in [2.24, 2.45) is 4.99 Å². The highest BCUT2D eigenvalue weighted by molar-refractivity contribution is 5.89. The zero-order valence-electron chi connectivity index (χ0n) is 16.8. The second-order valence-corrected chi connectivity index (χ2v) is 7.22. The normalized spacial score (nSPS) is 12.7. The summed E-state index contributed by atoms with van der Waals surface area (Å²) in [4.78, 5) is 20.1. The molecule has 0 atom stereocenters. The Morgan fingerprint density at radius 1 is 1.10 bits per heavy atom. The number of hydrogen-bond donors (Lipinski definition) is 0. The lowest BCUT2D eigenvalue weighted by Crippen LogP contribution is -1.95. The predicted molar refractivity (Wildman–Crippen MR) is 115 cm³/mol. The number of ether oxygens (including phenoxy) is 2. The monoisotopic (exact) mass is 415 g/mol. The summed E-state index contributed by atoms with van der Waals surface area (Å²) in [5.41, 5.74) is 5.15. The van der Waals surface area contributed by atoms with Crippen LogP contribution in [0.3, 0.4) is 0 Å². The third kappa shape index (κ3) is 3.38. The zero-order chi connectivity index (χ0) is 21.5. The first-order chi connectivity index (χ1) is 15.0. The molecule has 1 aromatic heterocycles. The van der Waals surface area contributed by atoms with E-state index in [1.54, 1.807) is 6.07 Å². The average molecular weight is 415 g/mol. The highest BCUT2D eigenvalue weighted by Crippen LogP contribution is 2.38. The maximum absolute atomic E-state index is 11.5. The van der Waals surface area contributed by atoms with Crippen molar-refractivity contribution in [3.05, 3.63) is 75.3 Å². The fourth-order valence-corrected chi connectivity index (χ4v) is 3.50. The van der Waals surface area contributed by atoms with Crippen molar-refractivity contribution in [1.29, 1.82) is 0 Å². The Bertz CT molecular complexity index is 1370. The Morgan fingerprint density at radius 2 is 1.90 bits per heavy atom. The van der Waals surface area contributed by atoms with Crippen LogP contribution in [0.4, 0.5) is 11.4 Å². The molecule has 8 heteroatoms. The number of nitro groups is 1. The summed E-state index contributed by atoms with van der Waals surface area (Å²) < 4.78 is 16.5. The van der Waals surface area contributed by atoms with Crippen LogP contribution in [0.5, 0.6) is 11.5 Å².